The molecular weight excluding hydrogens is 212 g/mol. The molecule has 1 amide bonds. The van der Waals surface area contributed by atoms with Crippen LogP contribution in [-0.2, 0) is 4.79 Å². The second kappa shape index (κ2) is 9.46. The molecule has 102 valence electrons. The second-order valence-electron chi connectivity index (χ2n) is 5.51. The molecule has 0 aromatic rings. The van der Waals surface area contributed by atoms with Gasteiger partial charge in [0.25, 0.3) is 0 Å². The molecule has 3 heteroatoms. The molecule has 1 unspecified atom stereocenters. The Bertz CT molecular complexity index is 202. The molecule has 0 radical (unpaired) electrons. The van der Waals surface area contributed by atoms with Crippen LogP contribution >= 0.6 is 0 Å². The molecule has 0 aromatic heterocycles. The Kier molecular flexibility index (Phi) is 9.14. The van der Waals surface area contributed by atoms with Crippen molar-refractivity contribution in [1.82, 2.24) is 10.2 Å². The standard InChI is InChI=1S/C14H30N2O/c1-12(2)10-8-6-7-9-11-15-13(3)14(17)16(4)5/h12-13,15H,6-11H2,1-5H3. The summed E-state index contributed by atoms with van der Waals surface area (Å²) in [6, 6.07) is -0.0549. The fourth-order valence-electron chi connectivity index (χ4n) is 1.82. The van der Waals surface area contributed by atoms with Gasteiger partial charge >= 0.3 is 0 Å². The fraction of sp³-hybridized carbons (Fsp3) is 0.929. The maximum atomic E-state index is 11.5. The third kappa shape index (κ3) is 9.16. The lowest BCUT2D eigenvalue weighted by Gasteiger charge is -2.17. The first-order valence-electron chi connectivity index (χ1n) is 6.89. The summed E-state index contributed by atoms with van der Waals surface area (Å²) in [6.07, 6.45) is 6.43. The highest BCUT2D eigenvalue weighted by atomic mass is 16.2. The molecule has 0 aliphatic carbocycles. The number of rotatable bonds is 9. The number of carbonyl (C=O) groups excluding carboxylic acids is 1. The van der Waals surface area contributed by atoms with Crippen molar-refractivity contribution in [3.05, 3.63) is 0 Å². The minimum absolute atomic E-state index is 0.0549. The third-order valence-corrected chi connectivity index (χ3v) is 2.97. The normalized spacial score (nSPS) is 12.8. The summed E-state index contributed by atoms with van der Waals surface area (Å²) in [5.74, 6) is 0.982. The van der Waals surface area contributed by atoms with Crippen molar-refractivity contribution in [1.29, 1.82) is 0 Å². The topological polar surface area (TPSA) is 32.3 Å². The SMILES string of the molecule is CC(C)CCCCCCNC(C)C(=O)N(C)C. The average molecular weight is 242 g/mol. The van der Waals surface area contributed by atoms with E-state index in [2.05, 4.69) is 19.2 Å². The van der Waals surface area contributed by atoms with Gasteiger partial charge in [-0.15, -0.1) is 0 Å². The quantitative estimate of drug-likeness (QED) is 0.630. The van der Waals surface area contributed by atoms with Gasteiger partial charge in [-0.2, -0.15) is 0 Å². The lowest BCUT2D eigenvalue weighted by atomic mass is 10.0. The van der Waals surface area contributed by atoms with Crippen LogP contribution in [0.1, 0.15) is 52.9 Å². The fourth-order valence-corrected chi connectivity index (χ4v) is 1.82. The summed E-state index contributed by atoms with van der Waals surface area (Å²) in [5, 5.41) is 3.27. The van der Waals surface area contributed by atoms with Gasteiger partial charge in [-0.05, 0) is 25.8 Å². The number of unbranched alkanes of at least 4 members (excludes halogenated alkanes) is 3. The van der Waals surface area contributed by atoms with E-state index in [0.717, 1.165) is 12.5 Å². The minimum atomic E-state index is -0.0549. The van der Waals surface area contributed by atoms with Crippen molar-refractivity contribution in [3.8, 4) is 0 Å². The monoisotopic (exact) mass is 242 g/mol. The largest absolute Gasteiger partial charge is 0.347 e. The Hall–Kier alpha value is -0.570. The maximum Gasteiger partial charge on any atom is 0.238 e. The van der Waals surface area contributed by atoms with Gasteiger partial charge in [0, 0.05) is 14.1 Å². The molecule has 0 aliphatic rings. The lowest BCUT2D eigenvalue weighted by molar-refractivity contribution is -0.130. The van der Waals surface area contributed by atoms with Crippen LogP contribution in [0.25, 0.3) is 0 Å². The van der Waals surface area contributed by atoms with Gasteiger partial charge in [0.05, 0.1) is 6.04 Å². The van der Waals surface area contributed by atoms with E-state index >= 15 is 0 Å². The first-order chi connectivity index (χ1) is 7.95. The van der Waals surface area contributed by atoms with Crippen molar-refractivity contribution in [3.63, 3.8) is 0 Å². The molecule has 0 heterocycles. The molecule has 17 heavy (non-hydrogen) atoms. The number of likely N-dealkylation sites (N-methyl/N-ethyl adjacent to an activating group) is 1. The zero-order chi connectivity index (χ0) is 13.3. The Morgan fingerprint density at radius 2 is 1.65 bits per heavy atom. The van der Waals surface area contributed by atoms with Gasteiger partial charge in [0.1, 0.15) is 0 Å². The predicted molar refractivity (Wildman–Crippen MR) is 74.1 cm³/mol. The number of amides is 1. The molecule has 1 atom stereocenters. The van der Waals surface area contributed by atoms with E-state index in [0.29, 0.717) is 0 Å². The van der Waals surface area contributed by atoms with Crippen molar-refractivity contribution in [2.45, 2.75) is 58.9 Å². The summed E-state index contributed by atoms with van der Waals surface area (Å²) < 4.78 is 0. The van der Waals surface area contributed by atoms with Gasteiger partial charge in [0.2, 0.25) is 5.91 Å². The van der Waals surface area contributed by atoms with Crippen LogP contribution in [0.4, 0.5) is 0 Å². The van der Waals surface area contributed by atoms with Gasteiger partial charge in [-0.3, -0.25) is 4.79 Å². The van der Waals surface area contributed by atoms with E-state index in [9.17, 15) is 4.79 Å². The average Bonchev–Trinajstić information content (AvgIpc) is 2.25. The van der Waals surface area contributed by atoms with E-state index in [1.165, 1.54) is 32.1 Å². The van der Waals surface area contributed by atoms with E-state index < -0.39 is 0 Å². The molecule has 0 bridgehead atoms. The Morgan fingerprint density at radius 3 is 2.18 bits per heavy atom. The van der Waals surface area contributed by atoms with Crippen molar-refractivity contribution < 1.29 is 4.79 Å². The number of hydrogen-bond acceptors (Lipinski definition) is 2. The molecule has 0 aliphatic heterocycles. The van der Waals surface area contributed by atoms with E-state index in [1.54, 1.807) is 19.0 Å². The highest BCUT2D eigenvalue weighted by Gasteiger charge is 2.12. The molecule has 0 aromatic carbocycles. The summed E-state index contributed by atoms with van der Waals surface area (Å²) in [7, 11) is 3.60. The van der Waals surface area contributed by atoms with Crippen LogP contribution < -0.4 is 5.32 Å². The summed E-state index contributed by atoms with van der Waals surface area (Å²) in [5.41, 5.74) is 0. The number of hydrogen-bond donors (Lipinski definition) is 1. The van der Waals surface area contributed by atoms with Crippen molar-refractivity contribution in [2.75, 3.05) is 20.6 Å². The summed E-state index contributed by atoms with van der Waals surface area (Å²) in [6.45, 7) is 7.43. The first-order valence-corrected chi connectivity index (χ1v) is 6.89. The van der Waals surface area contributed by atoms with Crippen molar-refractivity contribution >= 4 is 5.91 Å². The van der Waals surface area contributed by atoms with Crippen LogP contribution in [0.2, 0.25) is 0 Å². The molecule has 0 saturated carbocycles. The van der Waals surface area contributed by atoms with Crippen LogP contribution in [0.15, 0.2) is 0 Å². The smallest absolute Gasteiger partial charge is 0.238 e. The van der Waals surface area contributed by atoms with E-state index in [4.69, 9.17) is 0 Å². The van der Waals surface area contributed by atoms with Gasteiger partial charge in [-0.1, -0.05) is 39.5 Å². The van der Waals surface area contributed by atoms with Crippen LogP contribution in [0, 0.1) is 5.92 Å². The maximum absolute atomic E-state index is 11.5. The Morgan fingerprint density at radius 1 is 1.06 bits per heavy atom. The lowest BCUT2D eigenvalue weighted by Crippen LogP contribution is -2.41. The van der Waals surface area contributed by atoms with Crippen molar-refractivity contribution in [2.24, 2.45) is 5.92 Å². The molecule has 0 fully saturated rings. The Balaban J connectivity index is 3.36. The zero-order valence-electron chi connectivity index (χ0n) is 12.3. The molecule has 3 nitrogen and oxygen atoms in total. The summed E-state index contributed by atoms with van der Waals surface area (Å²) >= 11 is 0. The van der Waals surface area contributed by atoms with Gasteiger partial charge < -0.3 is 10.2 Å². The van der Waals surface area contributed by atoms with Gasteiger partial charge in [0.15, 0.2) is 0 Å². The molecule has 0 rings (SSSR count). The zero-order valence-corrected chi connectivity index (χ0v) is 12.3. The third-order valence-electron chi connectivity index (χ3n) is 2.97. The van der Waals surface area contributed by atoms with E-state index in [-0.39, 0.29) is 11.9 Å². The molecule has 0 spiro atoms. The highest BCUT2D eigenvalue weighted by Crippen LogP contribution is 2.08. The number of carbonyl (C=O) groups is 1. The second-order valence-corrected chi connectivity index (χ2v) is 5.51. The number of nitrogens with one attached hydrogen (secondary N) is 1. The van der Waals surface area contributed by atoms with Crippen LogP contribution in [-0.4, -0.2) is 37.5 Å². The minimum Gasteiger partial charge on any atom is -0.347 e. The molecule has 0 saturated heterocycles. The summed E-state index contributed by atoms with van der Waals surface area (Å²) in [4.78, 5) is 13.2. The molecule has 1 N–H and O–H groups in total. The predicted octanol–water partition coefficient (Wildman–Crippen LogP) is 2.66. The number of nitrogens with zero attached hydrogens (tertiary/aromatic N) is 1. The van der Waals surface area contributed by atoms with Gasteiger partial charge in [-0.25, -0.2) is 0 Å². The first kappa shape index (κ1) is 16.4. The van der Waals surface area contributed by atoms with E-state index in [1.807, 2.05) is 6.92 Å². The Labute approximate surface area is 107 Å². The molecular formula is C14H30N2O. The highest BCUT2D eigenvalue weighted by molar-refractivity contribution is 5.80. The van der Waals surface area contributed by atoms with Crippen LogP contribution in [0.3, 0.4) is 0 Å². The van der Waals surface area contributed by atoms with Crippen LogP contribution in [0.5, 0.6) is 0 Å².